The number of carbonyl (C=O) groups is 2. The molecule has 0 heterocycles. The molecule has 0 amide bonds. The zero-order valence-corrected chi connectivity index (χ0v) is 16.7. The lowest BCUT2D eigenvalue weighted by molar-refractivity contribution is 0.0280. The highest BCUT2D eigenvalue weighted by molar-refractivity contribution is 6.02. The van der Waals surface area contributed by atoms with E-state index in [9.17, 15) is 9.59 Å². The van der Waals surface area contributed by atoms with Crippen LogP contribution in [0.1, 0.15) is 32.4 Å². The summed E-state index contributed by atoms with van der Waals surface area (Å²) in [6, 6.07) is 22.8. The van der Waals surface area contributed by atoms with Crippen molar-refractivity contribution in [1.82, 2.24) is 0 Å². The topological polar surface area (TPSA) is 55.8 Å². The number of esters is 1. The van der Waals surface area contributed by atoms with Crippen LogP contribution in [0.2, 0.25) is 0 Å². The van der Waals surface area contributed by atoms with E-state index < -0.39 is 12.1 Å². The lowest BCUT2D eigenvalue weighted by Gasteiger charge is -2.18. The second kappa shape index (κ2) is 9.06. The summed E-state index contributed by atoms with van der Waals surface area (Å²) < 4.78 is 10.8. The largest absolute Gasteiger partial charge is 0.497 e. The van der Waals surface area contributed by atoms with Gasteiger partial charge in [0, 0.05) is 30.9 Å². The van der Waals surface area contributed by atoms with Crippen LogP contribution in [0.4, 0.5) is 5.69 Å². The number of Topliss-reactive ketones (excluding diaryl/α,β-unsaturated/α-hetero) is 1. The molecule has 5 nitrogen and oxygen atoms in total. The molecule has 3 rings (SSSR count). The molecule has 0 saturated heterocycles. The van der Waals surface area contributed by atoms with Crippen molar-refractivity contribution in [1.29, 1.82) is 0 Å². The number of anilines is 1. The second-order valence-corrected chi connectivity index (χ2v) is 6.73. The monoisotopic (exact) mass is 389 g/mol. The highest BCUT2D eigenvalue weighted by Gasteiger charge is 2.26. The van der Waals surface area contributed by atoms with Crippen LogP contribution in [0.25, 0.3) is 0 Å². The smallest absolute Gasteiger partial charge is 0.339 e. The lowest BCUT2D eigenvalue weighted by Crippen LogP contribution is -2.20. The summed E-state index contributed by atoms with van der Waals surface area (Å²) in [4.78, 5) is 27.8. The van der Waals surface area contributed by atoms with Gasteiger partial charge in [0.15, 0.2) is 6.10 Å². The fourth-order valence-corrected chi connectivity index (χ4v) is 2.88. The molecule has 0 aliphatic rings. The van der Waals surface area contributed by atoms with Gasteiger partial charge in [0.25, 0.3) is 0 Å². The van der Waals surface area contributed by atoms with Gasteiger partial charge in [0.2, 0.25) is 5.78 Å². The number of methoxy groups -OCH3 is 1. The van der Waals surface area contributed by atoms with Crippen LogP contribution in [-0.4, -0.2) is 33.0 Å². The van der Waals surface area contributed by atoms with Gasteiger partial charge < -0.3 is 14.4 Å². The third-order valence-electron chi connectivity index (χ3n) is 4.56. The van der Waals surface area contributed by atoms with E-state index in [1.54, 1.807) is 55.6 Å². The van der Waals surface area contributed by atoms with Gasteiger partial charge in [-0.2, -0.15) is 0 Å². The van der Waals surface area contributed by atoms with Gasteiger partial charge in [-0.25, -0.2) is 4.79 Å². The summed E-state index contributed by atoms with van der Waals surface area (Å²) in [7, 11) is 5.41. The van der Waals surface area contributed by atoms with E-state index in [1.165, 1.54) is 0 Å². The molecule has 0 N–H and O–H groups in total. The van der Waals surface area contributed by atoms with Gasteiger partial charge in [-0.1, -0.05) is 30.3 Å². The van der Waals surface area contributed by atoms with Crippen LogP contribution in [0.15, 0.2) is 78.9 Å². The molecule has 0 aliphatic carbocycles. The number of rotatable bonds is 7. The number of nitrogens with zero attached hydrogens (tertiary/aromatic N) is 1. The molecule has 0 fully saturated rings. The first-order valence-electron chi connectivity index (χ1n) is 9.21. The molecule has 0 bridgehead atoms. The van der Waals surface area contributed by atoms with Crippen molar-refractivity contribution in [3.8, 4) is 5.75 Å². The first-order valence-corrected chi connectivity index (χ1v) is 9.21. The summed E-state index contributed by atoms with van der Waals surface area (Å²) in [5, 5.41) is 0. The number of hydrogen-bond acceptors (Lipinski definition) is 5. The number of carbonyl (C=O) groups excluding carboxylic acids is 2. The summed E-state index contributed by atoms with van der Waals surface area (Å²) >= 11 is 0. The normalized spacial score (nSPS) is 11.4. The number of benzene rings is 3. The number of hydrogen-bond donors (Lipinski definition) is 0. The van der Waals surface area contributed by atoms with Crippen LogP contribution >= 0.6 is 0 Å². The first kappa shape index (κ1) is 20.1. The summed E-state index contributed by atoms with van der Waals surface area (Å²) in [5.74, 6) is -0.195. The summed E-state index contributed by atoms with van der Waals surface area (Å²) in [5.41, 5.74) is 2.41. The van der Waals surface area contributed by atoms with Crippen LogP contribution < -0.4 is 9.64 Å². The van der Waals surface area contributed by atoms with Crippen LogP contribution in [-0.2, 0) is 4.74 Å². The number of ether oxygens (including phenoxy) is 2. The van der Waals surface area contributed by atoms with Gasteiger partial charge in [-0.15, -0.1) is 0 Å². The molecule has 148 valence electrons. The van der Waals surface area contributed by atoms with E-state index in [4.69, 9.17) is 9.47 Å². The molecule has 3 aromatic rings. The molecule has 5 heteroatoms. The Morgan fingerprint density at radius 1 is 0.793 bits per heavy atom. The molecule has 0 aliphatic heterocycles. The molecule has 1 unspecified atom stereocenters. The van der Waals surface area contributed by atoms with Gasteiger partial charge in [0.1, 0.15) is 5.75 Å². The Bertz CT molecular complexity index is 964. The molecule has 0 radical (unpaired) electrons. The fraction of sp³-hybridized carbons (Fsp3) is 0.167. The molecule has 29 heavy (non-hydrogen) atoms. The molecule has 0 spiro atoms. The molecular weight excluding hydrogens is 366 g/mol. The first-order chi connectivity index (χ1) is 14.0. The predicted octanol–water partition coefficient (Wildman–Crippen LogP) is 4.54. The van der Waals surface area contributed by atoms with E-state index in [0.29, 0.717) is 22.4 Å². The quantitative estimate of drug-likeness (QED) is 0.439. The minimum absolute atomic E-state index is 0.294. The van der Waals surface area contributed by atoms with E-state index in [1.807, 2.05) is 49.3 Å². The maximum Gasteiger partial charge on any atom is 0.339 e. The third-order valence-corrected chi connectivity index (χ3v) is 4.56. The second-order valence-electron chi connectivity index (χ2n) is 6.73. The Kier molecular flexibility index (Phi) is 6.29. The van der Waals surface area contributed by atoms with Gasteiger partial charge >= 0.3 is 5.97 Å². The number of ketones is 1. The van der Waals surface area contributed by atoms with E-state index in [2.05, 4.69) is 0 Å². The zero-order chi connectivity index (χ0) is 20.8. The molecule has 0 aromatic heterocycles. The van der Waals surface area contributed by atoms with Crippen molar-refractivity contribution in [3.05, 3.63) is 95.6 Å². The standard InChI is InChI=1S/C24H23NO4/c1-25(2)20-13-9-19(10-14-20)24(27)29-23(18-7-5-4-6-8-18)22(26)17-11-15-21(28-3)16-12-17/h4-16,23H,1-3H3. The van der Waals surface area contributed by atoms with Crippen molar-refractivity contribution in [2.45, 2.75) is 6.10 Å². The molecule has 1 atom stereocenters. The average Bonchev–Trinajstić information content (AvgIpc) is 2.77. The van der Waals surface area contributed by atoms with Crippen molar-refractivity contribution in [3.63, 3.8) is 0 Å². The SMILES string of the molecule is COc1ccc(C(=O)C(OC(=O)c2ccc(N(C)C)cc2)c2ccccc2)cc1. The Hall–Kier alpha value is -3.60. The van der Waals surface area contributed by atoms with E-state index in [0.717, 1.165) is 5.69 Å². The van der Waals surface area contributed by atoms with Crippen LogP contribution in [0, 0.1) is 0 Å². The summed E-state index contributed by atoms with van der Waals surface area (Å²) in [6.07, 6.45) is -1.04. The van der Waals surface area contributed by atoms with Gasteiger partial charge in [-0.3, -0.25) is 4.79 Å². The predicted molar refractivity (Wildman–Crippen MR) is 113 cm³/mol. The van der Waals surface area contributed by atoms with E-state index >= 15 is 0 Å². The van der Waals surface area contributed by atoms with Gasteiger partial charge in [0.05, 0.1) is 12.7 Å². The minimum atomic E-state index is -1.04. The van der Waals surface area contributed by atoms with Crippen molar-refractivity contribution in [2.24, 2.45) is 0 Å². The van der Waals surface area contributed by atoms with Crippen molar-refractivity contribution in [2.75, 3.05) is 26.1 Å². The summed E-state index contributed by atoms with van der Waals surface area (Å²) in [6.45, 7) is 0. The Morgan fingerprint density at radius 3 is 1.93 bits per heavy atom. The Labute approximate surface area is 170 Å². The van der Waals surface area contributed by atoms with Crippen LogP contribution in [0.5, 0.6) is 5.75 Å². The van der Waals surface area contributed by atoms with E-state index in [-0.39, 0.29) is 5.78 Å². The lowest BCUT2D eigenvalue weighted by atomic mass is 9.99. The highest BCUT2D eigenvalue weighted by Crippen LogP contribution is 2.25. The maximum atomic E-state index is 13.1. The maximum absolute atomic E-state index is 13.1. The average molecular weight is 389 g/mol. The third kappa shape index (κ3) is 4.82. The van der Waals surface area contributed by atoms with Crippen molar-refractivity contribution < 1.29 is 19.1 Å². The Balaban J connectivity index is 1.87. The molecular formula is C24H23NO4. The highest BCUT2D eigenvalue weighted by atomic mass is 16.5. The minimum Gasteiger partial charge on any atom is -0.497 e. The molecule has 3 aromatic carbocycles. The zero-order valence-electron chi connectivity index (χ0n) is 16.7. The molecule has 0 saturated carbocycles. The Morgan fingerprint density at radius 2 is 1.38 bits per heavy atom. The van der Waals surface area contributed by atoms with Crippen molar-refractivity contribution >= 4 is 17.4 Å². The van der Waals surface area contributed by atoms with Gasteiger partial charge in [-0.05, 0) is 48.5 Å². The fourth-order valence-electron chi connectivity index (χ4n) is 2.88. The van der Waals surface area contributed by atoms with Crippen LogP contribution in [0.3, 0.4) is 0 Å².